The first kappa shape index (κ1) is 20.5. The molecule has 6 heteroatoms. The lowest BCUT2D eigenvalue weighted by molar-refractivity contribution is 0.0823. The molecule has 3 fully saturated rings. The number of carbonyl (C=O) groups is 1. The average molecular weight is 401 g/mol. The summed E-state index contributed by atoms with van der Waals surface area (Å²) in [6, 6.07) is 2.74. The molecule has 0 spiro atoms. The number of nitrogens with two attached hydrogens (primary N) is 1. The van der Waals surface area contributed by atoms with E-state index in [0.717, 1.165) is 63.7 Å². The van der Waals surface area contributed by atoms with Crippen LogP contribution in [0.25, 0.3) is 0 Å². The fourth-order valence-electron chi connectivity index (χ4n) is 5.02. The number of rotatable bonds is 6. The maximum absolute atomic E-state index is 12.7. The molecular weight excluding hydrogens is 364 g/mol. The summed E-state index contributed by atoms with van der Waals surface area (Å²) in [5.41, 5.74) is 7.79. The Morgan fingerprint density at radius 1 is 1.24 bits per heavy atom. The van der Waals surface area contributed by atoms with Crippen LogP contribution in [-0.4, -0.2) is 40.6 Å². The first-order valence-electron chi connectivity index (χ1n) is 11.4. The van der Waals surface area contributed by atoms with Crippen LogP contribution in [0.15, 0.2) is 22.9 Å². The van der Waals surface area contributed by atoms with E-state index in [0.29, 0.717) is 35.5 Å². The van der Waals surface area contributed by atoms with E-state index in [9.17, 15) is 4.79 Å². The topological polar surface area (TPSA) is 84.4 Å². The maximum Gasteiger partial charge on any atom is 0.273 e. The first-order chi connectivity index (χ1) is 13.9. The molecule has 4 rings (SSSR count). The Morgan fingerprint density at radius 2 is 1.97 bits per heavy atom. The number of allylic oxidation sites excluding steroid dienone is 1. The number of hydrogen-bond acceptors (Lipinski definition) is 5. The van der Waals surface area contributed by atoms with E-state index in [1.54, 1.807) is 0 Å². The van der Waals surface area contributed by atoms with Crippen molar-refractivity contribution in [3.8, 4) is 0 Å². The van der Waals surface area contributed by atoms with Gasteiger partial charge in [-0.2, -0.15) is 0 Å². The second-order valence-electron chi connectivity index (χ2n) is 9.69. The van der Waals surface area contributed by atoms with Crippen molar-refractivity contribution in [3.63, 3.8) is 0 Å². The van der Waals surface area contributed by atoms with Crippen molar-refractivity contribution in [2.45, 2.75) is 89.3 Å². The molecule has 6 nitrogen and oxygen atoms in total. The van der Waals surface area contributed by atoms with Crippen molar-refractivity contribution in [3.05, 3.63) is 29.8 Å². The summed E-state index contributed by atoms with van der Waals surface area (Å²) < 4.78 is 5.34. The van der Waals surface area contributed by atoms with Gasteiger partial charge < -0.3 is 20.5 Å². The lowest BCUT2D eigenvalue weighted by atomic mass is 9.82. The number of hydrogen-bond donors (Lipinski definition) is 2. The fourth-order valence-corrected chi connectivity index (χ4v) is 5.02. The summed E-state index contributed by atoms with van der Waals surface area (Å²) in [6.07, 6.45) is 8.67. The van der Waals surface area contributed by atoms with Crippen molar-refractivity contribution in [2.75, 3.05) is 6.54 Å². The molecule has 2 aliphatic carbocycles. The third-order valence-electron chi connectivity index (χ3n) is 7.10. The number of amides is 1. The van der Waals surface area contributed by atoms with Gasteiger partial charge in [0.2, 0.25) is 0 Å². The summed E-state index contributed by atoms with van der Waals surface area (Å²) in [4.78, 5) is 15.2. The van der Waals surface area contributed by atoms with Crippen LogP contribution in [-0.2, 0) is 0 Å². The van der Waals surface area contributed by atoms with Crippen LogP contribution >= 0.6 is 0 Å². The Balaban J connectivity index is 1.35. The highest BCUT2D eigenvalue weighted by Gasteiger charge is 2.35. The summed E-state index contributed by atoms with van der Waals surface area (Å²) in [6.45, 7) is 9.98. The van der Waals surface area contributed by atoms with Crippen LogP contribution in [0.5, 0.6) is 0 Å². The second kappa shape index (κ2) is 8.50. The van der Waals surface area contributed by atoms with Crippen molar-refractivity contribution >= 4 is 5.91 Å². The number of likely N-dealkylation sites (tertiary alicyclic amines) is 1. The molecule has 0 bridgehead atoms. The molecule has 29 heavy (non-hydrogen) atoms. The third-order valence-corrected chi connectivity index (χ3v) is 7.10. The van der Waals surface area contributed by atoms with Gasteiger partial charge in [0.05, 0.1) is 0 Å². The predicted octanol–water partition coefficient (Wildman–Crippen LogP) is 3.80. The van der Waals surface area contributed by atoms with Gasteiger partial charge in [-0.15, -0.1) is 0 Å². The number of aromatic nitrogens is 1. The first-order valence-corrected chi connectivity index (χ1v) is 11.4. The molecule has 1 aliphatic heterocycles. The number of nitrogens with zero attached hydrogens (tertiary/aromatic N) is 2. The van der Waals surface area contributed by atoms with Gasteiger partial charge in [-0.25, -0.2) is 0 Å². The van der Waals surface area contributed by atoms with E-state index in [1.165, 1.54) is 5.70 Å². The molecule has 3 N–H and O–H groups in total. The van der Waals surface area contributed by atoms with Gasteiger partial charge in [0, 0.05) is 42.4 Å². The monoisotopic (exact) mass is 400 g/mol. The summed E-state index contributed by atoms with van der Waals surface area (Å²) in [5, 5.41) is 7.19. The number of nitrogens with one attached hydrogen (secondary N) is 1. The standard InChI is InChI=1S/C23H36N4O2/c1-14(2)21-12-19(25-23(28)20-13-22(29-26-20)17-4-5-17)10-11-27(21)15(3)16-6-8-18(24)9-7-16/h13-14,16-19,21H,3-12,24H2,1-2H3,(H,25,28). The zero-order valence-electron chi connectivity index (χ0n) is 17.9. The minimum atomic E-state index is -0.110. The number of carbonyl (C=O) groups excluding carboxylic acids is 1. The van der Waals surface area contributed by atoms with Gasteiger partial charge in [-0.05, 0) is 63.2 Å². The number of piperidine rings is 1. The van der Waals surface area contributed by atoms with Crippen LogP contribution in [0.2, 0.25) is 0 Å². The minimum absolute atomic E-state index is 0.110. The Morgan fingerprint density at radius 3 is 2.62 bits per heavy atom. The smallest absolute Gasteiger partial charge is 0.273 e. The van der Waals surface area contributed by atoms with E-state index < -0.39 is 0 Å². The lowest BCUT2D eigenvalue weighted by Crippen LogP contribution is -2.52. The van der Waals surface area contributed by atoms with E-state index in [4.69, 9.17) is 10.3 Å². The zero-order valence-corrected chi connectivity index (χ0v) is 17.9. The Bertz CT molecular complexity index is 731. The molecule has 0 aromatic carbocycles. The normalized spacial score (nSPS) is 30.4. The van der Waals surface area contributed by atoms with Crippen LogP contribution < -0.4 is 11.1 Å². The van der Waals surface area contributed by atoms with Crippen LogP contribution in [0, 0.1) is 11.8 Å². The highest BCUT2D eigenvalue weighted by Crippen LogP contribution is 2.40. The molecule has 2 heterocycles. The Hall–Kier alpha value is -1.82. The molecule has 2 unspecified atom stereocenters. The van der Waals surface area contributed by atoms with Gasteiger partial charge >= 0.3 is 0 Å². The average Bonchev–Trinajstić information content (AvgIpc) is 3.44. The Labute approximate surface area is 174 Å². The summed E-state index contributed by atoms with van der Waals surface area (Å²) in [5.74, 6) is 2.28. The highest BCUT2D eigenvalue weighted by molar-refractivity contribution is 5.92. The largest absolute Gasteiger partial charge is 0.372 e. The quantitative estimate of drug-likeness (QED) is 0.759. The third kappa shape index (κ3) is 4.68. The van der Waals surface area contributed by atoms with Gasteiger partial charge in [-0.3, -0.25) is 4.79 Å². The van der Waals surface area contributed by atoms with Crippen molar-refractivity contribution in [1.29, 1.82) is 0 Å². The van der Waals surface area contributed by atoms with Crippen molar-refractivity contribution < 1.29 is 9.32 Å². The minimum Gasteiger partial charge on any atom is -0.372 e. The van der Waals surface area contributed by atoms with Gasteiger partial charge in [0.1, 0.15) is 5.76 Å². The molecule has 1 aromatic rings. The van der Waals surface area contributed by atoms with Crippen molar-refractivity contribution in [2.24, 2.45) is 17.6 Å². The molecule has 1 saturated heterocycles. The zero-order chi connectivity index (χ0) is 20.5. The molecule has 1 aromatic heterocycles. The maximum atomic E-state index is 12.7. The van der Waals surface area contributed by atoms with E-state index in [-0.39, 0.29) is 11.9 Å². The predicted molar refractivity (Wildman–Crippen MR) is 113 cm³/mol. The van der Waals surface area contributed by atoms with E-state index in [2.05, 4.69) is 35.8 Å². The molecule has 1 amide bonds. The van der Waals surface area contributed by atoms with Crippen LogP contribution in [0.3, 0.4) is 0 Å². The summed E-state index contributed by atoms with van der Waals surface area (Å²) >= 11 is 0. The highest BCUT2D eigenvalue weighted by atomic mass is 16.5. The molecule has 2 atom stereocenters. The van der Waals surface area contributed by atoms with Gasteiger partial charge in [0.25, 0.3) is 5.91 Å². The summed E-state index contributed by atoms with van der Waals surface area (Å²) in [7, 11) is 0. The molecule has 160 valence electrons. The van der Waals surface area contributed by atoms with Crippen LogP contribution in [0.1, 0.15) is 87.4 Å². The van der Waals surface area contributed by atoms with E-state index >= 15 is 0 Å². The van der Waals surface area contributed by atoms with Gasteiger partial charge in [-0.1, -0.05) is 25.6 Å². The molecule has 3 aliphatic rings. The van der Waals surface area contributed by atoms with Crippen molar-refractivity contribution in [1.82, 2.24) is 15.4 Å². The second-order valence-corrected chi connectivity index (χ2v) is 9.69. The SMILES string of the molecule is C=C(C1CCC(N)CC1)N1CCC(NC(=O)c2cc(C3CC3)on2)CC1C(C)C. The molecule has 0 radical (unpaired) electrons. The fraction of sp³-hybridized carbons (Fsp3) is 0.739. The van der Waals surface area contributed by atoms with E-state index in [1.807, 2.05) is 6.07 Å². The Kier molecular flexibility index (Phi) is 6.00. The van der Waals surface area contributed by atoms with Gasteiger partial charge in [0.15, 0.2) is 5.69 Å². The van der Waals surface area contributed by atoms with Crippen LogP contribution in [0.4, 0.5) is 0 Å². The lowest BCUT2D eigenvalue weighted by Gasteiger charge is -2.46. The molecule has 2 saturated carbocycles. The molecular formula is C23H36N4O2.